The van der Waals surface area contributed by atoms with Gasteiger partial charge in [-0.3, -0.25) is 0 Å². The van der Waals surface area contributed by atoms with Gasteiger partial charge in [-0.2, -0.15) is 0 Å². The zero-order chi connectivity index (χ0) is 57.3. The van der Waals surface area contributed by atoms with Gasteiger partial charge in [0.15, 0.2) is 0 Å². The fraction of sp³-hybridized carbons (Fsp3) is 0.175. The maximum absolute atomic E-state index is 2.61. The van der Waals surface area contributed by atoms with Gasteiger partial charge in [-0.05, 0) is 142 Å². The Morgan fingerprint density at radius 2 is 0.458 bits per heavy atom. The lowest BCUT2D eigenvalue weighted by Gasteiger charge is -2.46. The zero-order valence-electron chi connectivity index (χ0n) is 49.5. The zero-order valence-corrected chi connectivity index (χ0v) is 49.5. The van der Waals surface area contributed by atoms with Crippen molar-refractivity contribution in [1.29, 1.82) is 0 Å². The topological polar surface area (TPSA) is 6.48 Å². The molecule has 83 heavy (non-hydrogen) atoms. The molecule has 0 saturated carbocycles. The normalized spacial score (nSPS) is 13.3. The molecule has 0 atom stereocenters. The van der Waals surface area contributed by atoms with E-state index in [4.69, 9.17) is 0 Å². The molecule has 0 spiro atoms. The minimum absolute atomic E-state index is 0.0307. The summed E-state index contributed by atoms with van der Waals surface area (Å²) in [5.41, 5.74) is 23.2. The predicted octanol–water partition coefficient (Wildman–Crippen LogP) is 18.4. The van der Waals surface area contributed by atoms with Crippen molar-refractivity contribution in [2.24, 2.45) is 0 Å². The molecule has 2 aliphatic heterocycles. The summed E-state index contributed by atoms with van der Waals surface area (Å²) in [4.78, 5) is 5.22. The highest BCUT2D eigenvalue weighted by Crippen LogP contribution is 2.51. The number of benzene rings is 11. The van der Waals surface area contributed by atoms with Crippen LogP contribution in [-0.4, -0.2) is 6.71 Å². The van der Waals surface area contributed by atoms with E-state index >= 15 is 0 Å². The number of fused-ring (bicyclic) bond motifs is 4. The van der Waals surface area contributed by atoms with Crippen molar-refractivity contribution in [2.75, 3.05) is 9.80 Å². The Hall–Kier alpha value is -8.92. The van der Waals surface area contributed by atoms with Crippen molar-refractivity contribution in [3.05, 3.63) is 340 Å². The van der Waals surface area contributed by atoms with Gasteiger partial charge in [-0.1, -0.05) is 293 Å². The molecule has 0 unspecified atom stereocenters. The van der Waals surface area contributed by atoms with E-state index in [1.165, 1.54) is 100 Å². The van der Waals surface area contributed by atoms with Gasteiger partial charge >= 0.3 is 0 Å². The van der Waals surface area contributed by atoms with Gasteiger partial charge in [0.1, 0.15) is 0 Å². The highest BCUT2D eigenvalue weighted by Gasteiger charge is 2.46. The minimum Gasteiger partial charge on any atom is -0.311 e. The van der Waals surface area contributed by atoms with Crippen molar-refractivity contribution in [3.8, 4) is 0 Å². The summed E-state index contributed by atoms with van der Waals surface area (Å²) in [5, 5.41) is 0. The van der Waals surface area contributed by atoms with Crippen LogP contribution >= 0.6 is 0 Å². The van der Waals surface area contributed by atoms with Crippen molar-refractivity contribution in [1.82, 2.24) is 0 Å². The van der Waals surface area contributed by atoms with E-state index < -0.39 is 10.8 Å². The lowest BCUT2D eigenvalue weighted by atomic mass is 9.33. The molecular weight excluding hydrogens is 1000 g/mol. The molecule has 2 heterocycles. The van der Waals surface area contributed by atoms with Crippen LogP contribution in [0.2, 0.25) is 0 Å². The highest BCUT2D eigenvalue weighted by atomic mass is 15.2. The predicted molar refractivity (Wildman–Crippen MR) is 353 cm³/mol. The van der Waals surface area contributed by atoms with E-state index in [-0.39, 0.29) is 23.0 Å². The van der Waals surface area contributed by atoms with E-state index in [0.29, 0.717) is 0 Å². The van der Waals surface area contributed by atoms with Crippen LogP contribution in [0.5, 0.6) is 0 Å². The fourth-order valence-corrected chi connectivity index (χ4v) is 13.8. The molecule has 0 amide bonds. The van der Waals surface area contributed by atoms with Crippen molar-refractivity contribution in [2.45, 2.75) is 89.4 Å². The van der Waals surface area contributed by atoms with E-state index in [0.717, 1.165) is 11.4 Å². The SMILES string of the molecule is CC(C)(C)c1ccc2c(c1)N(c1ccc(C(c3ccccc3)(c3ccccc3)c3ccccc3)cc1)c1cc(C(C)(C)C)cc3c1B2c1ccc(C(C)(C)C)cc1N3c1ccc(C(c2ccccc2)(c2ccccc2)c2ccccc2)cc1. The highest BCUT2D eigenvalue weighted by molar-refractivity contribution is 7.00. The standard InChI is InChI=1S/C80H73BN2/c1-76(2,3)64-44-50-69-71(52-64)82(67-46-40-62(41-47-67)79(56-28-16-10-17-29-56,57-30-18-11-19-31-57)58-32-20-12-21-33-58)73-54-66(78(7,8)9)55-74-75(73)81(69)70-51-45-65(77(4,5)6)53-72(70)83(74)68-48-42-63(43-49-68)80(59-34-22-13-23-35-59,60-36-24-14-25-37-60)61-38-26-15-27-39-61/h10-55H,1-9H3. The Bertz CT molecular complexity index is 3650. The second kappa shape index (κ2) is 20.5. The first kappa shape index (κ1) is 53.4. The third kappa shape index (κ3) is 8.95. The summed E-state index contributed by atoms with van der Waals surface area (Å²) in [6.07, 6.45) is 0. The van der Waals surface area contributed by atoms with Crippen LogP contribution < -0.4 is 26.2 Å². The molecule has 11 aromatic rings. The summed E-state index contributed by atoms with van der Waals surface area (Å²) in [7, 11) is 0. The maximum Gasteiger partial charge on any atom is 0.252 e. The Kier molecular flexibility index (Phi) is 13.2. The molecule has 0 saturated heterocycles. The minimum atomic E-state index is -0.577. The Morgan fingerprint density at radius 3 is 0.711 bits per heavy atom. The van der Waals surface area contributed by atoms with Crippen molar-refractivity contribution < 1.29 is 0 Å². The van der Waals surface area contributed by atoms with Gasteiger partial charge in [0.2, 0.25) is 0 Å². The van der Waals surface area contributed by atoms with Crippen LogP contribution in [0.25, 0.3) is 0 Å². The number of anilines is 6. The largest absolute Gasteiger partial charge is 0.311 e. The summed E-state index contributed by atoms with van der Waals surface area (Å²) in [6.45, 7) is 21.1. The van der Waals surface area contributed by atoms with Gasteiger partial charge < -0.3 is 9.80 Å². The van der Waals surface area contributed by atoms with Crippen LogP contribution in [0.4, 0.5) is 34.1 Å². The maximum atomic E-state index is 2.61. The monoisotopic (exact) mass is 1070 g/mol. The quantitative estimate of drug-likeness (QED) is 0.0995. The average Bonchev–Trinajstić information content (AvgIpc) is 1.97. The van der Waals surface area contributed by atoms with Gasteiger partial charge in [-0.15, -0.1) is 0 Å². The summed E-state index contributed by atoms with van der Waals surface area (Å²) in [5.74, 6) is 0. The van der Waals surface area contributed by atoms with Gasteiger partial charge in [0.05, 0.1) is 10.8 Å². The second-order valence-electron chi connectivity index (χ2n) is 26.1. The van der Waals surface area contributed by atoms with Crippen molar-refractivity contribution >= 4 is 57.2 Å². The van der Waals surface area contributed by atoms with E-state index in [1.54, 1.807) is 0 Å². The summed E-state index contributed by atoms with van der Waals surface area (Å²) >= 11 is 0. The average molecular weight is 1070 g/mol. The van der Waals surface area contributed by atoms with Gasteiger partial charge in [-0.25, -0.2) is 0 Å². The number of hydrogen-bond acceptors (Lipinski definition) is 2. The van der Waals surface area contributed by atoms with Crippen molar-refractivity contribution in [3.63, 3.8) is 0 Å². The summed E-state index contributed by atoms with van der Waals surface area (Å²) < 4.78 is 0. The smallest absolute Gasteiger partial charge is 0.252 e. The molecule has 0 fully saturated rings. The third-order valence-electron chi connectivity index (χ3n) is 18.0. The summed E-state index contributed by atoms with van der Waals surface area (Å²) in [6, 6.07) is 105. The lowest BCUT2D eigenvalue weighted by Crippen LogP contribution is -2.61. The fourth-order valence-electron chi connectivity index (χ4n) is 13.8. The molecule has 2 aliphatic rings. The second-order valence-corrected chi connectivity index (χ2v) is 26.1. The third-order valence-corrected chi connectivity index (χ3v) is 18.0. The first-order valence-corrected chi connectivity index (χ1v) is 29.7. The van der Waals surface area contributed by atoms with Crippen LogP contribution in [0, 0.1) is 0 Å². The van der Waals surface area contributed by atoms with E-state index in [1.807, 2.05) is 0 Å². The molecule has 3 heteroatoms. The Morgan fingerprint density at radius 1 is 0.229 bits per heavy atom. The first-order valence-electron chi connectivity index (χ1n) is 29.7. The molecule has 0 radical (unpaired) electrons. The van der Waals surface area contributed by atoms with Crippen LogP contribution in [0.3, 0.4) is 0 Å². The number of rotatable bonds is 10. The molecule has 406 valence electrons. The molecule has 13 rings (SSSR count). The van der Waals surface area contributed by atoms with Gasteiger partial charge in [0, 0.05) is 34.1 Å². The molecule has 0 aromatic heterocycles. The number of hydrogen-bond donors (Lipinski definition) is 0. The van der Waals surface area contributed by atoms with Crippen LogP contribution in [0.1, 0.15) is 124 Å². The molecule has 0 N–H and O–H groups in total. The van der Waals surface area contributed by atoms with E-state index in [2.05, 4.69) is 351 Å². The first-order chi connectivity index (χ1) is 40.1. The van der Waals surface area contributed by atoms with E-state index in [9.17, 15) is 0 Å². The molecular formula is C80H73BN2. The molecule has 11 aromatic carbocycles. The Labute approximate surface area is 493 Å². The van der Waals surface area contributed by atoms with Gasteiger partial charge in [0.25, 0.3) is 6.71 Å². The molecule has 0 aliphatic carbocycles. The lowest BCUT2D eigenvalue weighted by molar-refractivity contribution is 0.590. The molecule has 2 nitrogen and oxygen atoms in total. The van der Waals surface area contributed by atoms with Crippen LogP contribution in [0.15, 0.2) is 279 Å². The number of nitrogens with zero attached hydrogens (tertiary/aromatic N) is 2. The van der Waals surface area contributed by atoms with Crippen LogP contribution in [-0.2, 0) is 27.1 Å². The Balaban J connectivity index is 1.06. The molecule has 0 bridgehead atoms.